The summed E-state index contributed by atoms with van der Waals surface area (Å²) in [6, 6.07) is 5.90. The van der Waals surface area contributed by atoms with Crippen LogP contribution in [0.3, 0.4) is 0 Å². The van der Waals surface area contributed by atoms with Crippen molar-refractivity contribution in [2.75, 3.05) is 20.6 Å². The summed E-state index contributed by atoms with van der Waals surface area (Å²) in [4.78, 5) is 2.32. The maximum atomic E-state index is 6.48. The molecule has 0 amide bonds. The monoisotopic (exact) mass is 330 g/mol. The van der Waals surface area contributed by atoms with Gasteiger partial charge in [0.2, 0.25) is 0 Å². The van der Waals surface area contributed by atoms with E-state index in [1.807, 2.05) is 18.2 Å². The van der Waals surface area contributed by atoms with E-state index < -0.39 is 0 Å². The highest BCUT2D eigenvalue weighted by atomic mass is 35.5. The standard InChI is InChI=1S/C17H28Cl2N2/c1-6-11-20-16(17(7-2,8-3)21(4)5)14-12-13(18)9-10-15(14)19/h9-10,12,16,20H,6-8,11H2,1-5H3. The van der Waals surface area contributed by atoms with Crippen molar-refractivity contribution in [3.63, 3.8) is 0 Å². The fraction of sp³-hybridized carbons (Fsp3) is 0.647. The van der Waals surface area contributed by atoms with Crippen LogP contribution in [0.1, 0.15) is 51.6 Å². The predicted octanol–water partition coefficient (Wildman–Crippen LogP) is 5.15. The van der Waals surface area contributed by atoms with Crippen molar-refractivity contribution in [3.8, 4) is 0 Å². The van der Waals surface area contributed by atoms with Crippen molar-refractivity contribution < 1.29 is 0 Å². The third-order valence-corrected chi connectivity index (χ3v) is 5.10. The average Bonchev–Trinajstić information content (AvgIpc) is 2.46. The maximum Gasteiger partial charge on any atom is 0.0522 e. The summed E-state index contributed by atoms with van der Waals surface area (Å²) in [5.74, 6) is 0. The van der Waals surface area contributed by atoms with Gasteiger partial charge in [0, 0.05) is 15.6 Å². The van der Waals surface area contributed by atoms with Crippen LogP contribution in [-0.2, 0) is 0 Å². The molecule has 1 N–H and O–H groups in total. The molecule has 0 bridgehead atoms. The minimum Gasteiger partial charge on any atom is -0.308 e. The van der Waals surface area contributed by atoms with Gasteiger partial charge in [0.1, 0.15) is 0 Å². The highest BCUT2D eigenvalue weighted by Crippen LogP contribution is 2.39. The Morgan fingerprint density at radius 1 is 1.14 bits per heavy atom. The summed E-state index contributed by atoms with van der Waals surface area (Å²) in [7, 11) is 4.29. The summed E-state index contributed by atoms with van der Waals surface area (Å²) < 4.78 is 0. The molecule has 2 nitrogen and oxygen atoms in total. The van der Waals surface area contributed by atoms with Crippen molar-refractivity contribution in [2.45, 2.75) is 51.6 Å². The molecule has 120 valence electrons. The predicted molar refractivity (Wildman–Crippen MR) is 94.5 cm³/mol. The number of hydrogen-bond donors (Lipinski definition) is 1. The number of rotatable bonds is 8. The lowest BCUT2D eigenvalue weighted by Crippen LogP contribution is -2.53. The molecular formula is C17H28Cl2N2. The Hall–Kier alpha value is -0.280. The third-order valence-electron chi connectivity index (χ3n) is 4.52. The van der Waals surface area contributed by atoms with Crippen molar-refractivity contribution >= 4 is 23.2 Å². The van der Waals surface area contributed by atoms with Gasteiger partial charge in [0.15, 0.2) is 0 Å². The molecule has 0 saturated heterocycles. The molecule has 1 aromatic rings. The zero-order valence-electron chi connectivity index (χ0n) is 13.8. The Bertz CT molecular complexity index is 442. The van der Waals surface area contributed by atoms with E-state index in [0.717, 1.165) is 41.4 Å². The third kappa shape index (κ3) is 4.13. The molecule has 0 saturated carbocycles. The topological polar surface area (TPSA) is 15.3 Å². The van der Waals surface area contributed by atoms with E-state index in [4.69, 9.17) is 23.2 Å². The van der Waals surface area contributed by atoms with Crippen LogP contribution in [0, 0.1) is 0 Å². The molecule has 0 aliphatic rings. The second-order valence-corrected chi connectivity index (χ2v) is 6.60. The highest BCUT2D eigenvalue weighted by molar-refractivity contribution is 6.33. The second kappa shape index (κ2) is 8.38. The highest BCUT2D eigenvalue weighted by Gasteiger charge is 2.39. The first-order valence-electron chi connectivity index (χ1n) is 7.78. The minimum absolute atomic E-state index is 0.0174. The van der Waals surface area contributed by atoms with Crippen LogP contribution in [0.25, 0.3) is 0 Å². The molecule has 0 aromatic heterocycles. The van der Waals surface area contributed by atoms with Crippen molar-refractivity contribution in [2.24, 2.45) is 0 Å². The number of nitrogens with one attached hydrogen (secondary N) is 1. The van der Waals surface area contributed by atoms with Crippen molar-refractivity contribution in [3.05, 3.63) is 33.8 Å². The van der Waals surface area contributed by atoms with Crippen LogP contribution in [-0.4, -0.2) is 31.1 Å². The molecule has 0 radical (unpaired) electrons. The van der Waals surface area contributed by atoms with E-state index >= 15 is 0 Å². The molecule has 0 spiro atoms. The van der Waals surface area contributed by atoms with Crippen LogP contribution in [0.5, 0.6) is 0 Å². The van der Waals surface area contributed by atoms with Gasteiger partial charge in [-0.1, -0.05) is 44.0 Å². The molecular weight excluding hydrogens is 303 g/mol. The van der Waals surface area contributed by atoms with Crippen LogP contribution in [0.15, 0.2) is 18.2 Å². The fourth-order valence-corrected chi connectivity index (χ4v) is 3.57. The molecule has 1 rings (SSSR count). The van der Waals surface area contributed by atoms with Gasteiger partial charge in [-0.05, 0) is 63.7 Å². The van der Waals surface area contributed by atoms with Crippen LogP contribution < -0.4 is 5.32 Å². The van der Waals surface area contributed by atoms with E-state index in [0.29, 0.717) is 0 Å². The van der Waals surface area contributed by atoms with Gasteiger partial charge in [-0.2, -0.15) is 0 Å². The first-order valence-corrected chi connectivity index (χ1v) is 8.54. The van der Waals surface area contributed by atoms with Gasteiger partial charge in [-0.3, -0.25) is 0 Å². The lowest BCUT2D eigenvalue weighted by Gasteiger charge is -2.46. The molecule has 0 aliphatic heterocycles. The van der Waals surface area contributed by atoms with Gasteiger partial charge < -0.3 is 10.2 Å². The number of benzene rings is 1. The van der Waals surface area contributed by atoms with E-state index in [1.54, 1.807) is 0 Å². The molecule has 4 heteroatoms. The fourth-order valence-electron chi connectivity index (χ4n) is 3.16. The largest absolute Gasteiger partial charge is 0.308 e. The van der Waals surface area contributed by atoms with E-state index in [1.165, 1.54) is 0 Å². The summed E-state index contributed by atoms with van der Waals surface area (Å²) >= 11 is 12.7. The Morgan fingerprint density at radius 3 is 2.24 bits per heavy atom. The minimum atomic E-state index is 0.0174. The van der Waals surface area contributed by atoms with Crippen LogP contribution >= 0.6 is 23.2 Å². The Kier molecular flexibility index (Phi) is 7.49. The van der Waals surface area contributed by atoms with Crippen LogP contribution in [0.4, 0.5) is 0 Å². The van der Waals surface area contributed by atoms with Crippen molar-refractivity contribution in [1.29, 1.82) is 0 Å². The van der Waals surface area contributed by atoms with Gasteiger partial charge in [-0.25, -0.2) is 0 Å². The van der Waals surface area contributed by atoms with Crippen molar-refractivity contribution in [1.82, 2.24) is 10.2 Å². The van der Waals surface area contributed by atoms with Gasteiger partial charge in [0.25, 0.3) is 0 Å². The van der Waals surface area contributed by atoms with Gasteiger partial charge in [0.05, 0.1) is 6.04 Å². The summed E-state index contributed by atoms with van der Waals surface area (Å²) in [6.07, 6.45) is 3.17. The van der Waals surface area contributed by atoms with Crippen LogP contribution in [0.2, 0.25) is 10.0 Å². The quantitative estimate of drug-likeness (QED) is 0.708. The molecule has 21 heavy (non-hydrogen) atoms. The first-order chi connectivity index (χ1) is 9.92. The number of likely N-dealkylation sites (N-methyl/N-ethyl adjacent to an activating group) is 1. The lowest BCUT2D eigenvalue weighted by molar-refractivity contribution is 0.0881. The van der Waals surface area contributed by atoms with Gasteiger partial charge >= 0.3 is 0 Å². The Morgan fingerprint density at radius 2 is 1.76 bits per heavy atom. The SMILES string of the molecule is CCCNC(c1cc(Cl)ccc1Cl)C(CC)(CC)N(C)C. The lowest BCUT2D eigenvalue weighted by atomic mass is 9.79. The second-order valence-electron chi connectivity index (χ2n) is 5.76. The zero-order chi connectivity index (χ0) is 16.0. The molecule has 0 fully saturated rings. The summed E-state index contributed by atoms with van der Waals surface area (Å²) in [5, 5.41) is 5.21. The molecule has 1 unspecified atom stereocenters. The van der Waals surface area contributed by atoms with E-state index in [2.05, 4.69) is 45.1 Å². The Balaban J connectivity index is 3.35. The van der Waals surface area contributed by atoms with Gasteiger partial charge in [-0.15, -0.1) is 0 Å². The molecule has 0 aliphatic carbocycles. The summed E-state index contributed by atoms with van der Waals surface area (Å²) in [5.41, 5.74) is 1.11. The first kappa shape index (κ1) is 18.8. The summed E-state index contributed by atoms with van der Waals surface area (Å²) in [6.45, 7) is 7.62. The average molecular weight is 331 g/mol. The zero-order valence-corrected chi connectivity index (χ0v) is 15.4. The normalized spacial score (nSPS) is 13.7. The smallest absolute Gasteiger partial charge is 0.0522 e. The maximum absolute atomic E-state index is 6.48. The molecule has 1 aromatic carbocycles. The number of hydrogen-bond acceptors (Lipinski definition) is 2. The van der Waals surface area contributed by atoms with E-state index in [-0.39, 0.29) is 11.6 Å². The number of nitrogens with zero attached hydrogens (tertiary/aromatic N) is 1. The number of halogens is 2. The Labute approximate surface area is 139 Å². The molecule has 0 heterocycles. The molecule has 1 atom stereocenters. The van der Waals surface area contributed by atoms with E-state index in [9.17, 15) is 0 Å².